The number of fused-ring (bicyclic) bond motifs is 1. The summed E-state index contributed by atoms with van der Waals surface area (Å²) in [6.07, 6.45) is 0. The highest BCUT2D eigenvalue weighted by atomic mass is 32.2. The number of thiophene rings is 1. The first-order chi connectivity index (χ1) is 11.7. The second-order valence-corrected chi connectivity index (χ2v) is 7.35. The molecule has 5 nitrogen and oxygen atoms in total. The van der Waals surface area contributed by atoms with Gasteiger partial charge in [0, 0.05) is 17.2 Å². The maximum Gasteiger partial charge on any atom is 0.261 e. The van der Waals surface area contributed by atoms with Crippen molar-refractivity contribution in [2.75, 3.05) is 18.1 Å². The van der Waals surface area contributed by atoms with Gasteiger partial charge in [0.2, 0.25) is 5.91 Å². The number of thioether (sulfide) groups is 1. The predicted molar refractivity (Wildman–Crippen MR) is 95.3 cm³/mol. The van der Waals surface area contributed by atoms with Crippen molar-refractivity contribution in [3.63, 3.8) is 0 Å². The maximum absolute atomic E-state index is 12.2. The fourth-order valence-corrected chi connectivity index (χ4v) is 3.80. The van der Waals surface area contributed by atoms with Gasteiger partial charge in [-0.25, -0.2) is 0 Å². The summed E-state index contributed by atoms with van der Waals surface area (Å²) < 4.78 is 0. The van der Waals surface area contributed by atoms with Crippen molar-refractivity contribution in [1.82, 2.24) is 10.2 Å². The Bertz CT molecular complexity index is 724. The van der Waals surface area contributed by atoms with E-state index >= 15 is 0 Å². The standard InChI is InChI=1S/C17H16N2O3S2/c20-15(18-10-12-4-3-8-24-12)11-23-9-7-19-16(21)13-5-1-2-6-14(13)17(19)22/h1-6,8H,7,9-11H2,(H,18,20). The molecule has 1 aromatic carbocycles. The largest absolute Gasteiger partial charge is 0.350 e. The number of rotatable bonds is 7. The molecule has 24 heavy (non-hydrogen) atoms. The number of nitrogens with zero attached hydrogens (tertiary/aromatic N) is 1. The van der Waals surface area contributed by atoms with Crippen molar-refractivity contribution >= 4 is 40.8 Å². The van der Waals surface area contributed by atoms with Crippen LogP contribution < -0.4 is 5.32 Å². The van der Waals surface area contributed by atoms with Crippen LogP contribution in [0.15, 0.2) is 41.8 Å². The monoisotopic (exact) mass is 360 g/mol. The zero-order chi connectivity index (χ0) is 16.9. The first kappa shape index (κ1) is 16.7. The van der Waals surface area contributed by atoms with Crippen LogP contribution in [-0.4, -0.2) is 40.7 Å². The van der Waals surface area contributed by atoms with E-state index in [1.165, 1.54) is 16.7 Å². The Hall–Kier alpha value is -2.12. The molecular weight excluding hydrogens is 344 g/mol. The van der Waals surface area contributed by atoms with E-state index in [1.807, 2.05) is 17.5 Å². The van der Waals surface area contributed by atoms with Crippen LogP contribution in [0.4, 0.5) is 0 Å². The first-order valence-corrected chi connectivity index (χ1v) is 9.52. The Morgan fingerprint density at radius 3 is 2.42 bits per heavy atom. The molecular formula is C17H16N2O3S2. The molecule has 1 aliphatic heterocycles. The van der Waals surface area contributed by atoms with Crippen molar-refractivity contribution in [2.45, 2.75) is 6.54 Å². The molecule has 2 heterocycles. The molecule has 3 amide bonds. The molecule has 3 rings (SSSR count). The molecule has 0 atom stereocenters. The molecule has 0 radical (unpaired) electrons. The molecule has 124 valence electrons. The zero-order valence-electron chi connectivity index (χ0n) is 12.9. The van der Waals surface area contributed by atoms with Crippen LogP contribution in [-0.2, 0) is 11.3 Å². The Morgan fingerprint density at radius 2 is 1.79 bits per heavy atom. The van der Waals surface area contributed by atoms with Gasteiger partial charge in [0.25, 0.3) is 11.8 Å². The summed E-state index contributed by atoms with van der Waals surface area (Å²) in [5.41, 5.74) is 0.919. The number of imide groups is 1. The number of amides is 3. The van der Waals surface area contributed by atoms with Crippen LogP contribution in [0, 0.1) is 0 Å². The van der Waals surface area contributed by atoms with Crippen LogP contribution >= 0.6 is 23.1 Å². The summed E-state index contributed by atoms with van der Waals surface area (Å²) in [4.78, 5) is 38.5. The summed E-state index contributed by atoms with van der Waals surface area (Å²) >= 11 is 3.01. The van der Waals surface area contributed by atoms with Crippen molar-refractivity contribution < 1.29 is 14.4 Å². The Balaban J connectivity index is 1.40. The summed E-state index contributed by atoms with van der Waals surface area (Å²) in [7, 11) is 0. The Morgan fingerprint density at radius 1 is 1.08 bits per heavy atom. The quantitative estimate of drug-likeness (QED) is 0.608. The van der Waals surface area contributed by atoms with E-state index in [-0.39, 0.29) is 17.7 Å². The average molecular weight is 360 g/mol. The molecule has 0 spiro atoms. The third-order valence-corrected chi connectivity index (χ3v) is 5.42. The minimum absolute atomic E-state index is 0.0456. The van der Waals surface area contributed by atoms with Crippen LogP contribution in [0.2, 0.25) is 0 Å². The summed E-state index contributed by atoms with van der Waals surface area (Å²) in [6.45, 7) is 0.852. The highest BCUT2D eigenvalue weighted by Gasteiger charge is 2.34. The molecule has 2 aromatic rings. The van der Waals surface area contributed by atoms with Crippen LogP contribution in [0.3, 0.4) is 0 Å². The molecule has 1 aromatic heterocycles. The third-order valence-electron chi connectivity index (χ3n) is 3.61. The zero-order valence-corrected chi connectivity index (χ0v) is 14.5. The topological polar surface area (TPSA) is 66.5 Å². The highest BCUT2D eigenvalue weighted by Crippen LogP contribution is 2.22. The number of hydrogen-bond donors (Lipinski definition) is 1. The van der Waals surface area contributed by atoms with E-state index < -0.39 is 0 Å². The van der Waals surface area contributed by atoms with E-state index in [2.05, 4.69) is 5.32 Å². The lowest BCUT2D eigenvalue weighted by molar-refractivity contribution is -0.118. The van der Waals surface area contributed by atoms with E-state index in [0.29, 0.717) is 35.7 Å². The second-order valence-electron chi connectivity index (χ2n) is 5.22. The van der Waals surface area contributed by atoms with E-state index in [9.17, 15) is 14.4 Å². The lowest BCUT2D eigenvalue weighted by Crippen LogP contribution is -2.32. The molecule has 1 aliphatic rings. The number of carbonyl (C=O) groups excluding carboxylic acids is 3. The number of benzene rings is 1. The van der Waals surface area contributed by atoms with Crippen molar-refractivity contribution in [1.29, 1.82) is 0 Å². The van der Waals surface area contributed by atoms with Crippen LogP contribution in [0.5, 0.6) is 0 Å². The highest BCUT2D eigenvalue weighted by molar-refractivity contribution is 7.99. The molecule has 0 saturated heterocycles. The van der Waals surface area contributed by atoms with Gasteiger partial charge in [0.05, 0.1) is 23.4 Å². The molecule has 0 saturated carbocycles. The Labute approximate surface area is 148 Å². The summed E-state index contributed by atoms with van der Waals surface area (Å²) in [6, 6.07) is 10.8. The lowest BCUT2D eigenvalue weighted by atomic mass is 10.1. The number of hydrogen-bond acceptors (Lipinski definition) is 5. The fraction of sp³-hybridized carbons (Fsp3) is 0.235. The molecule has 7 heteroatoms. The predicted octanol–water partition coefficient (Wildman–Crippen LogP) is 2.39. The van der Waals surface area contributed by atoms with E-state index in [0.717, 1.165) is 4.88 Å². The molecule has 0 unspecified atom stereocenters. The molecule has 0 fully saturated rings. The van der Waals surface area contributed by atoms with Gasteiger partial charge >= 0.3 is 0 Å². The minimum atomic E-state index is -0.252. The first-order valence-electron chi connectivity index (χ1n) is 7.49. The van der Waals surface area contributed by atoms with Gasteiger partial charge in [-0.2, -0.15) is 11.8 Å². The van der Waals surface area contributed by atoms with Gasteiger partial charge in [-0.3, -0.25) is 19.3 Å². The van der Waals surface area contributed by atoms with Crippen molar-refractivity contribution in [3.8, 4) is 0 Å². The van der Waals surface area contributed by atoms with Gasteiger partial charge in [0.1, 0.15) is 0 Å². The summed E-state index contributed by atoms with van der Waals surface area (Å²) in [5.74, 6) is 0.305. The number of carbonyl (C=O) groups is 3. The maximum atomic E-state index is 12.2. The van der Waals surface area contributed by atoms with Gasteiger partial charge in [0.15, 0.2) is 0 Å². The fourth-order valence-electron chi connectivity index (χ4n) is 2.41. The molecule has 0 bridgehead atoms. The van der Waals surface area contributed by atoms with Crippen LogP contribution in [0.1, 0.15) is 25.6 Å². The summed E-state index contributed by atoms with van der Waals surface area (Å²) in [5, 5.41) is 4.82. The minimum Gasteiger partial charge on any atom is -0.350 e. The third kappa shape index (κ3) is 3.68. The van der Waals surface area contributed by atoms with Gasteiger partial charge in [-0.15, -0.1) is 11.3 Å². The molecule has 1 N–H and O–H groups in total. The van der Waals surface area contributed by atoms with E-state index in [4.69, 9.17) is 0 Å². The van der Waals surface area contributed by atoms with Crippen molar-refractivity contribution in [3.05, 3.63) is 57.8 Å². The average Bonchev–Trinajstić information content (AvgIpc) is 3.19. The van der Waals surface area contributed by atoms with Crippen LogP contribution in [0.25, 0.3) is 0 Å². The van der Waals surface area contributed by atoms with Gasteiger partial charge in [-0.1, -0.05) is 18.2 Å². The smallest absolute Gasteiger partial charge is 0.261 e. The normalized spacial score (nSPS) is 13.2. The lowest BCUT2D eigenvalue weighted by Gasteiger charge is -2.13. The van der Waals surface area contributed by atoms with E-state index in [1.54, 1.807) is 35.6 Å². The second kappa shape index (κ2) is 7.63. The SMILES string of the molecule is O=C(CSCCN1C(=O)c2ccccc2C1=O)NCc1cccs1. The Kier molecular flexibility index (Phi) is 5.32. The van der Waals surface area contributed by atoms with Crippen molar-refractivity contribution in [2.24, 2.45) is 0 Å². The number of nitrogens with one attached hydrogen (secondary N) is 1. The molecule has 0 aliphatic carbocycles. The van der Waals surface area contributed by atoms with Gasteiger partial charge in [-0.05, 0) is 23.6 Å². The van der Waals surface area contributed by atoms with Gasteiger partial charge < -0.3 is 5.32 Å².